The quantitative estimate of drug-likeness (QED) is 0.665. The lowest BCUT2D eigenvalue weighted by atomic mass is 10.1. The fourth-order valence-corrected chi connectivity index (χ4v) is 4.08. The molecule has 2 rings (SSSR count). The van der Waals surface area contributed by atoms with Gasteiger partial charge < -0.3 is 14.4 Å². The first kappa shape index (κ1) is 18.0. The zero-order chi connectivity index (χ0) is 16.7. The van der Waals surface area contributed by atoms with Gasteiger partial charge in [-0.25, -0.2) is 0 Å². The lowest BCUT2D eigenvalue weighted by molar-refractivity contribution is -0.131. The minimum Gasteiger partial charge on any atom is -0.497 e. The van der Waals surface area contributed by atoms with Crippen molar-refractivity contribution in [1.82, 2.24) is 4.90 Å². The monoisotopic (exact) mass is 337 g/mol. The second-order valence-electron chi connectivity index (χ2n) is 5.77. The molecule has 0 bridgehead atoms. The molecule has 1 atom stereocenters. The average Bonchev–Trinajstić information content (AvgIpc) is 3.07. The van der Waals surface area contributed by atoms with E-state index in [1.54, 1.807) is 14.2 Å². The summed E-state index contributed by atoms with van der Waals surface area (Å²) in [6.07, 6.45) is 5.18. The molecule has 23 heavy (non-hydrogen) atoms. The lowest BCUT2D eigenvalue weighted by Gasteiger charge is -2.25. The van der Waals surface area contributed by atoms with Crippen molar-refractivity contribution in [2.24, 2.45) is 0 Å². The van der Waals surface area contributed by atoms with Crippen LogP contribution in [0.1, 0.15) is 50.0 Å². The van der Waals surface area contributed by atoms with Gasteiger partial charge in [0.15, 0.2) is 0 Å². The molecule has 128 valence electrons. The Bertz CT molecular complexity index is 499. The van der Waals surface area contributed by atoms with Crippen LogP contribution in [0.5, 0.6) is 11.5 Å². The van der Waals surface area contributed by atoms with Crippen LogP contribution in [0.4, 0.5) is 0 Å². The van der Waals surface area contributed by atoms with E-state index in [1.807, 2.05) is 34.9 Å². The Balaban J connectivity index is 2.07. The lowest BCUT2D eigenvalue weighted by Crippen LogP contribution is -2.30. The first-order valence-electron chi connectivity index (χ1n) is 8.33. The third-order valence-electron chi connectivity index (χ3n) is 4.11. The summed E-state index contributed by atoms with van der Waals surface area (Å²) in [6.45, 7) is 3.01. The van der Waals surface area contributed by atoms with E-state index in [0.717, 1.165) is 42.2 Å². The Morgan fingerprint density at radius 2 is 1.87 bits per heavy atom. The Morgan fingerprint density at radius 3 is 2.48 bits per heavy atom. The maximum atomic E-state index is 12.6. The summed E-state index contributed by atoms with van der Waals surface area (Å²) in [5.74, 6) is 2.77. The number of benzene rings is 1. The van der Waals surface area contributed by atoms with Crippen LogP contribution in [0.3, 0.4) is 0 Å². The molecule has 0 spiro atoms. The summed E-state index contributed by atoms with van der Waals surface area (Å²) in [6, 6.07) is 5.87. The van der Waals surface area contributed by atoms with Gasteiger partial charge in [0.2, 0.25) is 5.91 Å². The minimum absolute atomic E-state index is 0.0673. The number of carbonyl (C=O) groups excluding carboxylic acids is 1. The van der Waals surface area contributed by atoms with E-state index in [4.69, 9.17) is 9.47 Å². The Hall–Kier alpha value is -1.36. The van der Waals surface area contributed by atoms with Gasteiger partial charge in [0.1, 0.15) is 16.9 Å². The first-order valence-corrected chi connectivity index (χ1v) is 9.38. The molecule has 1 aliphatic rings. The highest BCUT2D eigenvalue weighted by molar-refractivity contribution is 7.99. The normalized spacial score (nSPS) is 17.3. The maximum Gasteiger partial charge on any atom is 0.223 e. The van der Waals surface area contributed by atoms with Gasteiger partial charge in [0, 0.05) is 24.8 Å². The van der Waals surface area contributed by atoms with E-state index in [-0.39, 0.29) is 11.3 Å². The van der Waals surface area contributed by atoms with Crippen LogP contribution in [0.2, 0.25) is 0 Å². The van der Waals surface area contributed by atoms with Gasteiger partial charge in [-0.2, -0.15) is 0 Å². The molecule has 1 fully saturated rings. The number of unbranched alkanes of at least 4 members (excludes halogenated alkanes) is 3. The number of hydrogen-bond donors (Lipinski definition) is 0. The predicted molar refractivity (Wildman–Crippen MR) is 95.2 cm³/mol. The van der Waals surface area contributed by atoms with Gasteiger partial charge in [-0.3, -0.25) is 4.79 Å². The summed E-state index contributed by atoms with van der Waals surface area (Å²) in [5.41, 5.74) is 1.07. The fraction of sp³-hybridized carbons (Fsp3) is 0.611. The van der Waals surface area contributed by atoms with Crippen molar-refractivity contribution in [1.29, 1.82) is 0 Å². The molecule has 0 radical (unpaired) electrons. The van der Waals surface area contributed by atoms with Gasteiger partial charge >= 0.3 is 0 Å². The van der Waals surface area contributed by atoms with Crippen LogP contribution in [-0.4, -0.2) is 37.3 Å². The molecule has 0 saturated carbocycles. The smallest absolute Gasteiger partial charge is 0.223 e. The summed E-state index contributed by atoms with van der Waals surface area (Å²) in [7, 11) is 3.30. The zero-order valence-electron chi connectivity index (χ0n) is 14.3. The van der Waals surface area contributed by atoms with Crippen molar-refractivity contribution < 1.29 is 14.3 Å². The Kier molecular flexibility index (Phi) is 7.09. The van der Waals surface area contributed by atoms with E-state index in [1.165, 1.54) is 12.8 Å². The minimum atomic E-state index is 0.0673. The Morgan fingerprint density at radius 1 is 1.17 bits per heavy atom. The van der Waals surface area contributed by atoms with Crippen LogP contribution in [0, 0.1) is 0 Å². The third kappa shape index (κ3) is 4.80. The van der Waals surface area contributed by atoms with Crippen molar-refractivity contribution in [3.05, 3.63) is 23.8 Å². The Labute approximate surface area is 143 Å². The number of amides is 1. The predicted octanol–water partition coefficient (Wildman–Crippen LogP) is 4.25. The number of carbonyl (C=O) groups is 1. The molecule has 0 N–H and O–H groups in total. The van der Waals surface area contributed by atoms with E-state index in [0.29, 0.717) is 6.42 Å². The first-order chi connectivity index (χ1) is 11.2. The molecule has 1 aliphatic heterocycles. The van der Waals surface area contributed by atoms with Gasteiger partial charge in [-0.15, -0.1) is 11.8 Å². The summed E-state index contributed by atoms with van der Waals surface area (Å²) >= 11 is 1.81. The van der Waals surface area contributed by atoms with Crippen LogP contribution in [-0.2, 0) is 4.79 Å². The summed E-state index contributed by atoms with van der Waals surface area (Å²) in [5, 5.41) is 0.0673. The van der Waals surface area contributed by atoms with Crippen LogP contribution in [0.15, 0.2) is 18.2 Å². The van der Waals surface area contributed by atoms with Gasteiger partial charge in [0.05, 0.1) is 14.2 Å². The number of methoxy groups -OCH3 is 2. The highest BCUT2D eigenvalue weighted by atomic mass is 32.2. The van der Waals surface area contributed by atoms with Crippen molar-refractivity contribution in [3.63, 3.8) is 0 Å². The van der Waals surface area contributed by atoms with Crippen molar-refractivity contribution in [3.8, 4) is 11.5 Å². The van der Waals surface area contributed by atoms with E-state index in [9.17, 15) is 4.79 Å². The molecular formula is C18H27NO3S. The summed E-state index contributed by atoms with van der Waals surface area (Å²) < 4.78 is 10.7. The molecular weight excluding hydrogens is 310 g/mol. The second kappa shape index (κ2) is 9.06. The zero-order valence-corrected chi connectivity index (χ0v) is 15.2. The van der Waals surface area contributed by atoms with E-state index < -0.39 is 0 Å². The molecule has 1 aromatic rings. The van der Waals surface area contributed by atoms with Crippen molar-refractivity contribution in [2.45, 2.75) is 44.4 Å². The van der Waals surface area contributed by atoms with E-state index >= 15 is 0 Å². The molecule has 0 aliphatic carbocycles. The van der Waals surface area contributed by atoms with Gasteiger partial charge in [0.25, 0.3) is 0 Å². The van der Waals surface area contributed by atoms with Crippen molar-refractivity contribution >= 4 is 17.7 Å². The molecule has 4 nitrogen and oxygen atoms in total. The molecule has 5 heteroatoms. The SMILES string of the molecule is CCCCCCC(=O)N1CCS[C@@H]1c1cc(OC)cc(OC)c1. The fourth-order valence-electron chi connectivity index (χ4n) is 2.82. The van der Waals surface area contributed by atoms with Gasteiger partial charge in [-0.05, 0) is 24.1 Å². The van der Waals surface area contributed by atoms with Crippen LogP contribution >= 0.6 is 11.8 Å². The number of rotatable bonds is 8. The molecule has 1 heterocycles. The van der Waals surface area contributed by atoms with E-state index in [2.05, 4.69) is 6.92 Å². The van der Waals surface area contributed by atoms with Crippen LogP contribution in [0.25, 0.3) is 0 Å². The standard InChI is InChI=1S/C18H27NO3S/c1-4-5-6-7-8-17(20)19-9-10-23-18(19)14-11-15(21-2)13-16(12-14)22-3/h11-13,18H,4-10H2,1-3H3/t18-/m1/s1. The largest absolute Gasteiger partial charge is 0.497 e. The third-order valence-corrected chi connectivity index (χ3v) is 5.38. The molecule has 0 unspecified atom stereocenters. The molecule has 0 aromatic heterocycles. The number of nitrogens with zero attached hydrogens (tertiary/aromatic N) is 1. The number of hydrogen-bond acceptors (Lipinski definition) is 4. The molecule has 1 saturated heterocycles. The second-order valence-corrected chi connectivity index (χ2v) is 6.96. The average molecular weight is 337 g/mol. The van der Waals surface area contributed by atoms with Gasteiger partial charge in [-0.1, -0.05) is 26.2 Å². The molecule has 1 amide bonds. The topological polar surface area (TPSA) is 38.8 Å². The summed E-state index contributed by atoms with van der Waals surface area (Å²) in [4.78, 5) is 14.6. The number of ether oxygens (including phenoxy) is 2. The molecule has 1 aromatic carbocycles. The highest BCUT2D eigenvalue weighted by Gasteiger charge is 2.30. The van der Waals surface area contributed by atoms with Crippen molar-refractivity contribution in [2.75, 3.05) is 26.5 Å². The number of thioether (sulfide) groups is 1. The van der Waals surface area contributed by atoms with Crippen LogP contribution < -0.4 is 9.47 Å². The highest BCUT2D eigenvalue weighted by Crippen LogP contribution is 2.41. The maximum absolute atomic E-state index is 12.6.